The first-order valence-corrected chi connectivity index (χ1v) is 8.87. The number of nitrogens with zero attached hydrogens (tertiary/aromatic N) is 1. The molecule has 144 valence electrons. The lowest BCUT2D eigenvalue weighted by molar-refractivity contribution is -0.115. The van der Waals surface area contributed by atoms with Crippen LogP contribution in [-0.4, -0.2) is 39.2 Å². The van der Waals surface area contributed by atoms with Gasteiger partial charge in [-0.15, -0.1) is 0 Å². The molecule has 0 bridgehead atoms. The Labute approximate surface area is 162 Å². The highest BCUT2D eigenvalue weighted by Crippen LogP contribution is 2.32. The summed E-state index contributed by atoms with van der Waals surface area (Å²) < 4.78 is 21.7. The molecule has 0 atom stereocenters. The predicted molar refractivity (Wildman–Crippen MR) is 104 cm³/mol. The van der Waals surface area contributed by atoms with Gasteiger partial charge in [0.05, 0.1) is 14.2 Å². The number of rotatable bonds is 5. The van der Waals surface area contributed by atoms with Gasteiger partial charge in [-0.1, -0.05) is 12.1 Å². The maximum Gasteiger partial charge on any atom is 0.275 e. The summed E-state index contributed by atoms with van der Waals surface area (Å²) in [6.45, 7) is 1.06. The lowest BCUT2D eigenvalue weighted by atomic mass is 10.1. The van der Waals surface area contributed by atoms with E-state index in [1.54, 1.807) is 20.3 Å². The molecule has 2 aromatic carbocycles. The number of methoxy groups -OCH3 is 2. The third kappa shape index (κ3) is 3.64. The second-order valence-corrected chi connectivity index (χ2v) is 6.31. The van der Waals surface area contributed by atoms with Crippen LogP contribution in [0.3, 0.4) is 0 Å². The number of carbonyl (C=O) groups is 1. The lowest BCUT2D eigenvalue weighted by Crippen LogP contribution is -2.25. The maximum atomic E-state index is 12.3. The number of nitrogens with one attached hydrogen (secondary N) is 1. The Bertz CT molecular complexity index is 981. The highest BCUT2D eigenvalue weighted by Gasteiger charge is 2.21. The van der Waals surface area contributed by atoms with Gasteiger partial charge < -0.3 is 24.3 Å². The summed E-state index contributed by atoms with van der Waals surface area (Å²) in [5, 5.41) is 2.82. The van der Waals surface area contributed by atoms with Gasteiger partial charge in [0.1, 0.15) is 24.7 Å². The minimum atomic E-state index is -0.231. The van der Waals surface area contributed by atoms with Crippen molar-refractivity contribution in [2.45, 2.75) is 6.42 Å². The van der Waals surface area contributed by atoms with E-state index < -0.39 is 0 Å². The van der Waals surface area contributed by atoms with Gasteiger partial charge in [-0.3, -0.25) is 4.79 Å². The fourth-order valence-corrected chi connectivity index (χ4v) is 3.09. The van der Waals surface area contributed by atoms with E-state index in [1.165, 1.54) is 0 Å². The molecule has 0 aromatic heterocycles. The van der Waals surface area contributed by atoms with E-state index >= 15 is 0 Å². The van der Waals surface area contributed by atoms with Crippen LogP contribution in [0.4, 0.5) is 0 Å². The number of aliphatic imine (C=N–C) groups is 1. The zero-order valence-corrected chi connectivity index (χ0v) is 15.7. The second-order valence-electron chi connectivity index (χ2n) is 6.31. The van der Waals surface area contributed by atoms with Gasteiger partial charge in [0.25, 0.3) is 5.91 Å². The summed E-state index contributed by atoms with van der Waals surface area (Å²) >= 11 is 0. The van der Waals surface area contributed by atoms with Crippen molar-refractivity contribution in [3.8, 4) is 23.0 Å². The van der Waals surface area contributed by atoms with Crippen molar-refractivity contribution in [3.05, 3.63) is 53.2 Å². The third-order valence-electron chi connectivity index (χ3n) is 4.44. The molecule has 1 amide bonds. The average Bonchev–Trinajstić information content (AvgIpc) is 3.06. The predicted octanol–water partition coefficient (Wildman–Crippen LogP) is 2.59. The molecule has 28 heavy (non-hydrogen) atoms. The second kappa shape index (κ2) is 7.64. The number of carbonyl (C=O) groups excluding carboxylic acids is 1. The van der Waals surface area contributed by atoms with Crippen LogP contribution in [0.2, 0.25) is 0 Å². The Kier molecular flexibility index (Phi) is 4.89. The van der Waals surface area contributed by atoms with E-state index in [1.807, 2.05) is 36.4 Å². The van der Waals surface area contributed by atoms with Crippen LogP contribution in [0.25, 0.3) is 6.08 Å². The first-order chi connectivity index (χ1) is 13.7. The van der Waals surface area contributed by atoms with Crippen LogP contribution in [-0.2, 0) is 11.2 Å². The van der Waals surface area contributed by atoms with Crippen LogP contribution in [0.1, 0.15) is 11.1 Å². The Morgan fingerprint density at radius 1 is 1.04 bits per heavy atom. The molecule has 2 aromatic rings. The number of hydrogen-bond donors (Lipinski definition) is 1. The lowest BCUT2D eigenvalue weighted by Gasteiger charge is -2.18. The van der Waals surface area contributed by atoms with Crippen molar-refractivity contribution < 1.29 is 23.7 Å². The zero-order chi connectivity index (χ0) is 19.5. The SMILES string of the molecule is COc1ccc(CC2=N/C(=C/c3ccc4c(c3)OCCO4)C(=O)N2)cc1OC. The normalized spacial score (nSPS) is 16.6. The Morgan fingerprint density at radius 3 is 2.61 bits per heavy atom. The van der Waals surface area contributed by atoms with Crippen molar-refractivity contribution >= 4 is 17.8 Å². The molecule has 2 aliphatic rings. The minimum absolute atomic E-state index is 0.231. The van der Waals surface area contributed by atoms with Gasteiger partial charge >= 0.3 is 0 Å². The Morgan fingerprint density at radius 2 is 1.82 bits per heavy atom. The van der Waals surface area contributed by atoms with Crippen molar-refractivity contribution in [1.82, 2.24) is 5.32 Å². The molecular formula is C21H20N2O5. The molecule has 0 saturated heterocycles. The summed E-state index contributed by atoms with van der Waals surface area (Å²) in [7, 11) is 3.18. The van der Waals surface area contributed by atoms with Gasteiger partial charge in [-0.05, 0) is 41.5 Å². The molecule has 0 saturated carbocycles. The fourth-order valence-electron chi connectivity index (χ4n) is 3.09. The van der Waals surface area contributed by atoms with Crippen molar-refractivity contribution in [2.24, 2.45) is 4.99 Å². The van der Waals surface area contributed by atoms with Gasteiger partial charge in [-0.25, -0.2) is 4.99 Å². The van der Waals surface area contributed by atoms with Crippen LogP contribution in [0.5, 0.6) is 23.0 Å². The summed E-state index contributed by atoms with van der Waals surface area (Å²) in [6.07, 6.45) is 2.21. The van der Waals surface area contributed by atoms with E-state index in [-0.39, 0.29) is 5.91 Å². The monoisotopic (exact) mass is 380 g/mol. The highest BCUT2D eigenvalue weighted by molar-refractivity contribution is 6.14. The van der Waals surface area contributed by atoms with Gasteiger partial charge in [0.2, 0.25) is 0 Å². The molecule has 2 aliphatic heterocycles. The van der Waals surface area contributed by atoms with Gasteiger partial charge in [-0.2, -0.15) is 0 Å². The van der Waals surface area contributed by atoms with Crippen LogP contribution < -0.4 is 24.3 Å². The van der Waals surface area contributed by atoms with Crippen LogP contribution in [0, 0.1) is 0 Å². The quantitative estimate of drug-likeness (QED) is 0.807. The van der Waals surface area contributed by atoms with Crippen molar-refractivity contribution in [3.63, 3.8) is 0 Å². The van der Waals surface area contributed by atoms with Crippen LogP contribution >= 0.6 is 0 Å². The molecule has 0 radical (unpaired) electrons. The van der Waals surface area contributed by atoms with E-state index in [0.717, 1.165) is 11.1 Å². The molecule has 0 unspecified atom stereocenters. The molecular weight excluding hydrogens is 360 g/mol. The number of amidine groups is 1. The number of benzene rings is 2. The molecule has 0 spiro atoms. The summed E-state index contributed by atoms with van der Waals surface area (Å²) in [6, 6.07) is 11.2. The minimum Gasteiger partial charge on any atom is -0.493 e. The third-order valence-corrected chi connectivity index (χ3v) is 4.44. The molecule has 0 fully saturated rings. The maximum absolute atomic E-state index is 12.3. The van der Waals surface area contributed by atoms with E-state index in [2.05, 4.69) is 10.3 Å². The average molecular weight is 380 g/mol. The number of hydrogen-bond acceptors (Lipinski definition) is 6. The topological polar surface area (TPSA) is 78.4 Å². The molecule has 0 aliphatic carbocycles. The number of fused-ring (bicyclic) bond motifs is 1. The molecule has 7 heteroatoms. The highest BCUT2D eigenvalue weighted by atomic mass is 16.6. The summed E-state index contributed by atoms with van der Waals surface area (Å²) in [5.74, 6) is 3.03. The van der Waals surface area contributed by atoms with E-state index in [9.17, 15) is 4.79 Å². The van der Waals surface area contributed by atoms with Crippen molar-refractivity contribution in [2.75, 3.05) is 27.4 Å². The first-order valence-electron chi connectivity index (χ1n) is 8.87. The summed E-state index contributed by atoms with van der Waals surface area (Å²) in [5.41, 5.74) is 2.13. The molecule has 7 nitrogen and oxygen atoms in total. The van der Waals surface area contributed by atoms with Crippen molar-refractivity contribution in [1.29, 1.82) is 0 Å². The number of amides is 1. The molecule has 1 N–H and O–H groups in total. The smallest absolute Gasteiger partial charge is 0.275 e. The fraction of sp³-hybridized carbons (Fsp3) is 0.238. The standard InChI is InChI=1S/C21H20N2O5/c1-25-16-5-3-14(10-18(16)26-2)12-20-22-15(21(24)23-20)9-13-4-6-17-19(11-13)28-8-7-27-17/h3-6,9-11H,7-8,12H2,1-2H3,(H,22,23,24)/b15-9+. The van der Waals surface area contributed by atoms with Crippen LogP contribution in [0.15, 0.2) is 47.1 Å². The van der Waals surface area contributed by atoms with E-state index in [4.69, 9.17) is 18.9 Å². The van der Waals surface area contributed by atoms with Gasteiger partial charge in [0, 0.05) is 6.42 Å². The first kappa shape index (κ1) is 17.9. The number of ether oxygens (including phenoxy) is 4. The Hall–Kier alpha value is -3.48. The Balaban J connectivity index is 1.54. The molecule has 4 rings (SSSR count). The molecule has 2 heterocycles. The van der Waals surface area contributed by atoms with E-state index in [0.29, 0.717) is 54.2 Å². The zero-order valence-electron chi connectivity index (χ0n) is 15.7. The summed E-state index contributed by atoms with van der Waals surface area (Å²) in [4.78, 5) is 16.7. The van der Waals surface area contributed by atoms with Gasteiger partial charge in [0.15, 0.2) is 23.0 Å². The largest absolute Gasteiger partial charge is 0.493 e.